The Bertz CT molecular complexity index is 224. The molecule has 0 aromatic heterocycles. The molecule has 0 heterocycles. The lowest BCUT2D eigenvalue weighted by molar-refractivity contribution is 0.0433. The second-order valence-electron chi connectivity index (χ2n) is 7.48. The summed E-state index contributed by atoms with van der Waals surface area (Å²) < 4.78 is 21.7. The number of hydrogen-bond donors (Lipinski definition) is 0. The second-order valence-corrected chi connectivity index (χ2v) is 7.48. The van der Waals surface area contributed by atoms with Crippen LogP contribution in [0.4, 0.5) is 0 Å². The molecule has 4 nitrogen and oxygen atoms in total. The van der Waals surface area contributed by atoms with Gasteiger partial charge in [0, 0.05) is 46.6 Å². The molecule has 0 saturated carbocycles. The SMILES string of the molecule is COCCCCCCCCOCC(C)COCCCCCCCCOC. The fourth-order valence-electron chi connectivity index (χ4n) is 2.93. The Morgan fingerprint density at radius 2 is 0.769 bits per heavy atom. The van der Waals surface area contributed by atoms with Gasteiger partial charge in [0.15, 0.2) is 0 Å². The minimum atomic E-state index is 0.498. The van der Waals surface area contributed by atoms with Crippen molar-refractivity contribution in [2.45, 2.75) is 84.0 Å². The van der Waals surface area contributed by atoms with Crippen LogP contribution < -0.4 is 0 Å². The quantitative estimate of drug-likeness (QED) is 0.230. The molecule has 26 heavy (non-hydrogen) atoms. The number of hydrogen-bond acceptors (Lipinski definition) is 4. The number of methoxy groups -OCH3 is 2. The largest absolute Gasteiger partial charge is 0.385 e. The number of unbranched alkanes of at least 4 members (excludes halogenated alkanes) is 10. The average Bonchev–Trinajstić information content (AvgIpc) is 2.64. The van der Waals surface area contributed by atoms with Gasteiger partial charge in [-0.15, -0.1) is 0 Å². The van der Waals surface area contributed by atoms with E-state index in [4.69, 9.17) is 18.9 Å². The van der Waals surface area contributed by atoms with Gasteiger partial charge in [-0.3, -0.25) is 0 Å². The van der Waals surface area contributed by atoms with Gasteiger partial charge in [0.2, 0.25) is 0 Å². The summed E-state index contributed by atoms with van der Waals surface area (Å²) in [6, 6.07) is 0. The van der Waals surface area contributed by atoms with Crippen LogP contribution in [0.3, 0.4) is 0 Å². The predicted molar refractivity (Wildman–Crippen MR) is 110 cm³/mol. The molecule has 0 atom stereocenters. The van der Waals surface area contributed by atoms with Crippen LogP contribution in [0.2, 0.25) is 0 Å². The molecule has 4 heteroatoms. The molecule has 0 aliphatic rings. The summed E-state index contributed by atoms with van der Waals surface area (Å²) in [5, 5.41) is 0. The summed E-state index contributed by atoms with van der Waals surface area (Å²) in [5.74, 6) is 0.498. The van der Waals surface area contributed by atoms with Gasteiger partial charge in [0.25, 0.3) is 0 Å². The van der Waals surface area contributed by atoms with Crippen molar-refractivity contribution in [2.24, 2.45) is 5.92 Å². The number of rotatable bonds is 22. The molecule has 0 aliphatic carbocycles. The maximum absolute atomic E-state index is 5.77. The zero-order chi connectivity index (χ0) is 19.1. The molecule has 0 N–H and O–H groups in total. The van der Waals surface area contributed by atoms with E-state index in [1.54, 1.807) is 14.2 Å². The Kier molecular flexibility index (Phi) is 22.7. The van der Waals surface area contributed by atoms with E-state index >= 15 is 0 Å². The van der Waals surface area contributed by atoms with Gasteiger partial charge in [-0.1, -0.05) is 58.3 Å². The average molecular weight is 375 g/mol. The van der Waals surface area contributed by atoms with Gasteiger partial charge in [-0.25, -0.2) is 0 Å². The molecule has 0 rings (SSSR count). The standard InChI is InChI=1S/C22H46O4/c1-22(20-25-18-14-10-6-4-8-12-16-23-2)21-26-19-15-11-7-5-9-13-17-24-3/h22H,4-21H2,1-3H3. The van der Waals surface area contributed by atoms with Crippen LogP contribution in [0.15, 0.2) is 0 Å². The van der Waals surface area contributed by atoms with Gasteiger partial charge < -0.3 is 18.9 Å². The third-order valence-corrected chi connectivity index (χ3v) is 4.58. The van der Waals surface area contributed by atoms with Crippen LogP contribution in [-0.4, -0.2) is 53.9 Å². The van der Waals surface area contributed by atoms with E-state index in [0.717, 1.165) is 39.6 Å². The Hall–Kier alpha value is -0.160. The Morgan fingerprint density at radius 1 is 0.462 bits per heavy atom. The van der Waals surface area contributed by atoms with E-state index in [9.17, 15) is 0 Å². The first-order chi connectivity index (χ1) is 12.8. The molecule has 0 aromatic carbocycles. The van der Waals surface area contributed by atoms with Crippen molar-refractivity contribution in [2.75, 3.05) is 53.9 Å². The lowest BCUT2D eigenvalue weighted by atomic mass is 10.1. The maximum Gasteiger partial charge on any atom is 0.0513 e. The van der Waals surface area contributed by atoms with Crippen molar-refractivity contribution in [3.05, 3.63) is 0 Å². The van der Waals surface area contributed by atoms with Gasteiger partial charge in [-0.05, 0) is 25.7 Å². The zero-order valence-corrected chi connectivity index (χ0v) is 17.9. The van der Waals surface area contributed by atoms with Crippen LogP contribution in [0.5, 0.6) is 0 Å². The van der Waals surface area contributed by atoms with Gasteiger partial charge in [-0.2, -0.15) is 0 Å². The van der Waals surface area contributed by atoms with Gasteiger partial charge in [0.1, 0.15) is 0 Å². The maximum atomic E-state index is 5.77. The van der Waals surface area contributed by atoms with E-state index in [-0.39, 0.29) is 0 Å². The zero-order valence-electron chi connectivity index (χ0n) is 17.9. The molecule has 0 unspecified atom stereocenters. The molecule has 0 aromatic rings. The molecule has 0 bridgehead atoms. The highest BCUT2D eigenvalue weighted by Gasteiger charge is 2.02. The smallest absolute Gasteiger partial charge is 0.0513 e. The lowest BCUT2D eigenvalue weighted by Gasteiger charge is -2.12. The topological polar surface area (TPSA) is 36.9 Å². The Morgan fingerprint density at radius 3 is 1.12 bits per heavy atom. The first kappa shape index (κ1) is 25.8. The van der Waals surface area contributed by atoms with E-state index in [1.807, 2.05) is 0 Å². The highest BCUT2D eigenvalue weighted by molar-refractivity contribution is 4.51. The van der Waals surface area contributed by atoms with Crippen LogP contribution in [0.1, 0.15) is 84.0 Å². The van der Waals surface area contributed by atoms with Crippen molar-refractivity contribution >= 4 is 0 Å². The van der Waals surface area contributed by atoms with Crippen LogP contribution in [0, 0.1) is 5.92 Å². The fourth-order valence-corrected chi connectivity index (χ4v) is 2.93. The molecule has 158 valence electrons. The third kappa shape index (κ3) is 21.9. The normalized spacial score (nSPS) is 11.5. The predicted octanol–water partition coefficient (Wildman–Crippen LogP) is 5.63. The third-order valence-electron chi connectivity index (χ3n) is 4.58. The summed E-state index contributed by atoms with van der Waals surface area (Å²) in [4.78, 5) is 0. The van der Waals surface area contributed by atoms with Crippen LogP contribution in [-0.2, 0) is 18.9 Å². The molecule has 0 radical (unpaired) electrons. The van der Waals surface area contributed by atoms with E-state index < -0.39 is 0 Å². The first-order valence-electron chi connectivity index (χ1n) is 10.9. The van der Waals surface area contributed by atoms with Gasteiger partial charge >= 0.3 is 0 Å². The molecule has 0 fully saturated rings. The Labute approximate surface area is 163 Å². The first-order valence-corrected chi connectivity index (χ1v) is 10.9. The highest BCUT2D eigenvalue weighted by atomic mass is 16.5. The van der Waals surface area contributed by atoms with Crippen molar-refractivity contribution < 1.29 is 18.9 Å². The monoisotopic (exact) mass is 374 g/mol. The Balaban J connectivity index is 3.12. The minimum absolute atomic E-state index is 0.498. The minimum Gasteiger partial charge on any atom is -0.385 e. The molecular weight excluding hydrogens is 328 g/mol. The molecule has 0 amide bonds. The van der Waals surface area contributed by atoms with Crippen molar-refractivity contribution in [1.29, 1.82) is 0 Å². The lowest BCUT2D eigenvalue weighted by Crippen LogP contribution is -2.14. The molecule has 0 saturated heterocycles. The summed E-state index contributed by atoms with van der Waals surface area (Å²) in [6.07, 6.45) is 15.2. The van der Waals surface area contributed by atoms with Crippen molar-refractivity contribution in [1.82, 2.24) is 0 Å². The van der Waals surface area contributed by atoms with Crippen LogP contribution >= 0.6 is 0 Å². The molecule has 0 aliphatic heterocycles. The fraction of sp³-hybridized carbons (Fsp3) is 1.00. The van der Waals surface area contributed by atoms with E-state index in [2.05, 4.69) is 6.92 Å². The summed E-state index contributed by atoms with van der Waals surface area (Å²) in [5.41, 5.74) is 0. The van der Waals surface area contributed by atoms with Crippen molar-refractivity contribution in [3.63, 3.8) is 0 Å². The van der Waals surface area contributed by atoms with E-state index in [0.29, 0.717) is 5.92 Å². The van der Waals surface area contributed by atoms with Crippen LogP contribution in [0.25, 0.3) is 0 Å². The highest BCUT2D eigenvalue weighted by Crippen LogP contribution is 2.08. The van der Waals surface area contributed by atoms with Gasteiger partial charge in [0.05, 0.1) is 13.2 Å². The molecular formula is C22H46O4. The second kappa shape index (κ2) is 22.9. The summed E-state index contributed by atoms with van der Waals surface area (Å²) in [7, 11) is 3.55. The van der Waals surface area contributed by atoms with E-state index in [1.165, 1.54) is 77.0 Å². The van der Waals surface area contributed by atoms with Crippen molar-refractivity contribution in [3.8, 4) is 0 Å². The summed E-state index contributed by atoms with van der Waals surface area (Å²) in [6.45, 7) is 7.46. The number of ether oxygens (including phenoxy) is 4. The molecule has 0 spiro atoms. The summed E-state index contributed by atoms with van der Waals surface area (Å²) >= 11 is 0.